The molecule has 5 nitrogen and oxygen atoms in total. The molecule has 2 aromatic rings. The highest BCUT2D eigenvalue weighted by atomic mass is 32.2. The molecule has 29 heavy (non-hydrogen) atoms. The highest BCUT2D eigenvalue weighted by Gasteiger charge is 2.35. The van der Waals surface area contributed by atoms with Gasteiger partial charge in [0.25, 0.3) is 5.56 Å². The number of H-pyrrole nitrogens is 1. The number of hydrogen-bond acceptors (Lipinski definition) is 5. The van der Waals surface area contributed by atoms with Gasteiger partial charge in [0.2, 0.25) is 5.91 Å². The van der Waals surface area contributed by atoms with Gasteiger partial charge in [-0.3, -0.25) is 9.59 Å². The molecule has 0 aromatic carbocycles. The van der Waals surface area contributed by atoms with E-state index in [0.29, 0.717) is 24.1 Å². The molecule has 2 fully saturated rings. The molecule has 0 spiro atoms. The van der Waals surface area contributed by atoms with Gasteiger partial charge >= 0.3 is 0 Å². The Labute approximate surface area is 179 Å². The van der Waals surface area contributed by atoms with Crippen LogP contribution in [0.5, 0.6) is 0 Å². The highest BCUT2D eigenvalue weighted by Crippen LogP contribution is 2.36. The number of rotatable bonds is 5. The molecule has 1 amide bonds. The number of piperidine rings is 1. The average molecular weight is 432 g/mol. The lowest BCUT2D eigenvalue weighted by Crippen LogP contribution is -2.49. The maximum absolute atomic E-state index is 12.8. The number of fused-ring (bicyclic) bond motifs is 4. The van der Waals surface area contributed by atoms with E-state index < -0.39 is 0 Å². The number of thioether (sulfide) groups is 1. The number of thiophene rings is 1. The second-order valence-corrected chi connectivity index (χ2v) is 10.9. The molecular weight excluding hydrogens is 402 g/mol. The van der Waals surface area contributed by atoms with Gasteiger partial charge in [-0.2, -0.15) is 11.8 Å². The fraction of sp³-hybridized carbons (Fsp3) is 0.682. The van der Waals surface area contributed by atoms with Crippen LogP contribution in [-0.4, -0.2) is 39.1 Å². The van der Waals surface area contributed by atoms with Gasteiger partial charge in [-0.15, -0.1) is 11.3 Å². The number of nitrogens with zero attached hydrogens (tertiary/aromatic N) is 2. The van der Waals surface area contributed by atoms with E-state index in [2.05, 4.69) is 9.88 Å². The van der Waals surface area contributed by atoms with Gasteiger partial charge < -0.3 is 9.88 Å². The minimum Gasteiger partial charge on any atom is -0.339 e. The van der Waals surface area contributed by atoms with Gasteiger partial charge in [-0.25, -0.2) is 4.98 Å². The Balaban J connectivity index is 1.16. The molecular formula is C22H29N3O2S2. The molecule has 2 aromatic heterocycles. The first-order valence-corrected chi connectivity index (χ1v) is 13.1. The molecule has 0 bridgehead atoms. The summed E-state index contributed by atoms with van der Waals surface area (Å²) in [6.45, 7) is 0.944. The Kier molecular flexibility index (Phi) is 5.69. The third-order valence-electron chi connectivity index (χ3n) is 6.89. The van der Waals surface area contributed by atoms with Crippen LogP contribution in [0.15, 0.2) is 4.79 Å². The van der Waals surface area contributed by atoms with Gasteiger partial charge in [0.15, 0.2) is 0 Å². The molecule has 3 heterocycles. The summed E-state index contributed by atoms with van der Waals surface area (Å²) in [6, 6.07) is 0.496. The van der Waals surface area contributed by atoms with E-state index in [4.69, 9.17) is 4.98 Å². The number of carbonyl (C=O) groups excluding carboxylic acids is 1. The Bertz CT molecular complexity index is 965. The summed E-state index contributed by atoms with van der Waals surface area (Å²) in [6.07, 6.45) is 11.4. The van der Waals surface area contributed by atoms with E-state index in [0.717, 1.165) is 59.9 Å². The number of amides is 1. The van der Waals surface area contributed by atoms with Crippen LogP contribution in [0.25, 0.3) is 10.2 Å². The molecule has 1 aliphatic heterocycles. The first kappa shape index (κ1) is 19.6. The van der Waals surface area contributed by atoms with Crippen LogP contribution in [0.1, 0.15) is 67.6 Å². The second kappa shape index (κ2) is 8.42. The van der Waals surface area contributed by atoms with Crippen LogP contribution in [-0.2, 0) is 23.4 Å². The monoisotopic (exact) mass is 431 g/mol. The Morgan fingerprint density at radius 3 is 2.97 bits per heavy atom. The van der Waals surface area contributed by atoms with Crippen LogP contribution in [0, 0.1) is 5.92 Å². The quantitative estimate of drug-likeness (QED) is 0.718. The zero-order chi connectivity index (χ0) is 19.8. The summed E-state index contributed by atoms with van der Waals surface area (Å²) in [4.78, 5) is 37.5. The summed E-state index contributed by atoms with van der Waals surface area (Å²) < 4.78 is 0. The summed E-state index contributed by atoms with van der Waals surface area (Å²) in [7, 11) is 0. The molecule has 7 heteroatoms. The molecule has 0 radical (unpaired) electrons. The van der Waals surface area contributed by atoms with E-state index in [1.807, 2.05) is 0 Å². The van der Waals surface area contributed by atoms with E-state index in [1.165, 1.54) is 42.5 Å². The molecule has 2 unspecified atom stereocenters. The zero-order valence-electron chi connectivity index (χ0n) is 16.9. The van der Waals surface area contributed by atoms with Crippen molar-refractivity contribution in [3.05, 3.63) is 26.6 Å². The van der Waals surface area contributed by atoms with E-state index in [1.54, 1.807) is 23.1 Å². The molecule has 2 atom stereocenters. The van der Waals surface area contributed by atoms with Crippen molar-refractivity contribution in [2.45, 2.75) is 76.0 Å². The molecule has 1 N–H and O–H groups in total. The van der Waals surface area contributed by atoms with Crippen LogP contribution >= 0.6 is 23.1 Å². The van der Waals surface area contributed by atoms with E-state index in [9.17, 15) is 9.59 Å². The Morgan fingerprint density at radius 2 is 2.03 bits per heavy atom. The summed E-state index contributed by atoms with van der Waals surface area (Å²) >= 11 is 3.39. The molecule has 5 rings (SSSR count). The normalized spacial score (nSPS) is 23.9. The predicted octanol–water partition coefficient (Wildman–Crippen LogP) is 4.28. The van der Waals surface area contributed by atoms with Gasteiger partial charge in [0.1, 0.15) is 10.7 Å². The summed E-state index contributed by atoms with van der Waals surface area (Å²) in [5.41, 5.74) is 1.24. The molecule has 1 saturated carbocycles. The number of hydrogen-bond donors (Lipinski definition) is 1. The van der Waals surface area contributed by atoms with Crippen molar-refractivity contribution < 1.29 is 4.79 Å². The van der Waals surface area contributed by atoms with Crippen LogP contribution in [0.3, 0.4) is 0 Å². The van der Waals surface area contributed by atoms with Crippen molar-refractivity contribution in [1.29, 1.82) is 0 Å². The van der Waals surface area contributed by atoms with E-state index in [-0.39, 0.29) is 5.56 Å². The summed E-state index contributed by atoms with van der Waals surface area (Å²) in [5, 5.41) is 0.818. The largest absolute Gasteiger partial charge is 0.339 e. The second-order valence-electron chi connectivity index (χ2n) is 8.69. The van der Waals surface area contributed by atoms with Crippen molar-refractivity contribution in [1.82, 2.24) is 14.9 Å². The SMILES string of the molecule is O=C(CCSCc1nc2sc3c(c2c(=O)[nH]1)CCC3)N1CCCC2CCCCC21. The van der Waals surface area contributed by atoms with Crippen molar-refractivity contribution in [3.63, 3.8) is 0 Å². The highest BCUT2D eigenvalue weighted by molar-refractivity contribution is 7.98. The molecule has 156 valence electrons. The smallest absolute Gasteiger partial charge is 0.259 e. The third kappa shape index (κ3) is 3.88. The van der Waals surface area contributed by atoms with Crippen molar-refractivity contribution in [2.75, 3.05) is 12.3 Å². The Hall–Kier alpha value is -1.34. The summed E-state index contributed by atoms with van der Waals surface area (Å²) in [5.74, 6) is 3.25. The van der Waals surface area contributed by atoms with Crippen molar-refractivity contribution in [2.24, 2.45) is 5.92 Å². The van der Waals surface area contributed by atoms with Crippen molar-refractivity contribution >= 4 is 39.2 Å². The molecule has 3 aliphatic rings. The topological polar surface area (TPSA) is 66.1 Å². The molecule has 2 aliphatic carbocycles. The number of nitrogens with one attached hydrogen (secondary N) is 1. The lowest BCUT2D eigenvalue weighted by Gasteiger charge is -2.44. The first-order chi connectivity index (χ1) is 14.2. The average Bonchev–Trinajstić information content (AvgIpc) is 3.31. The number of aromatic amines is 1. The Morgan fingerprint density at radius 1 is 1.17 bits per heavy atom. The van der Waals surface area contributed by atoms with Gasteiger partial charge in [0, 0.05) is 29.6 Å². The lowest BCUT2D eigenvalue weighted by atomic mass is 9.78. The van der Waals surface area contributed by atoms with E-state index >= 15 is 0 Å². The zero-order valence-corrected chi connectivity index (χ0v) is 18.5. The minimum atomic E-state index is 0.0118. The van der Waals surface area contributed by atoms with Crippen LogP contribution in [0.4, 0.5) is 0 Å². The standard InChI is InChI=1S/C22H29N3O2S2/c26-19(25-11-4-6-14-5-1-2-8-16(14)25)10-12-28-13-18-23-21(27)20-15-7-3-9-17(15)29-22(20)24-18/h14,16H,1-13H2,(H,23,24,27). The fourth-order valence-electron chi connectivity index (χ4n) is 5.52. The first-order valence-electron chi connectivity index (χ1n) is 11.1. The van der Waals surface area contributed by atoms with Crippen molar-refractivity contribution in [3.8, 4) is 0 Å². The predicted molar refractivity (Wildman–Crippen MR) is 120 cm³/mol. The maximum atomic E-state index is 12.8. The number of aromatic nitrogens is 2. The van der Waals surface area contributed by atoms with Gasteiger partial charge in [0.05, 0.1) is 11.1 Å². The maximum Gasteiger partial charge on any atom is 0.259 e. The lowest BCUT2D eigenvalue weighted by molar-refractivity contribution is -0.137. The number of likely N-dealkylation sites (tertiary alicyclic amines) is 1. The fourth-order valence-corrected chi connectivity index (χ4v) is 7.60. The van der Waals surface area contributed by atoms with Gasteiger partial charge in [-0.05, 0) is 56.4 Å². The van der Waals surface area contributed by atoms with Crippen LogP contribution in [0.2, 0.25) is 0 Å². The third-order valence-corrected chi connectivity index (χ3v) is 9.04. The molecule has 1 saturated heterocycles. The van der Waals surface area contributed by atoms with Crippen LogP contribution < -0.4 is 5.56 Å². The number of aryl methyl sites for hydroxylation is 2. The number of carbonyl (C=O) groups is 1. The minimum absolute atomic E-state index is 0.0118. The van der Waals surface area contributed by atoms with Gasteiger partial charge in [-0.1, -0.05) is 12.8 Å².